The van der Waals surface area contributed by atoms with Crippen LogP contribution in [0, 0.1) is 6.92 Å². The maximum atomic E-state index is 13.3. The number of amides is 2. The van der Waals surface area contributed by atoms with Gasteiger partial charge in [-0.25, -0.2) is 0 Å². The number of rotatable bonds is 7. The van der Waals surface area contributed by atoms with Crippen LogP contribution in [0.4, 0.5) is 0 Å². The first kappa shape index (κ1) is 23.0. The summed E-state index contributed by atoms with van der Waals surface area (Å²) in [6, 6.07) is 14.8. The molecule has 0 spiro atoms. The first-order valence-electron chi connectivity index (χ1n) is 10.0. The molecule has 0 heterocycles. The standard InChI is InChI=1S/C24H31ClN2O2/c1-6-21(23(29)26-24(3,4)5)27(16-19-9-7-8-17(2)14-19)22(28)15-18-10-12-20(25)13-11-18/h7-14,21H,6,15-16H2,1-5H3,(H,26,29)/t21-/m1/s1. The van der Waals surface area contributed by atoms with Gasteiger partial charge in [0.25, 0.3) is 0 Å². The number of halogens is 1. The molecule has 0 aliphatic carbocycles. The maximum absolute atomic E-state index is 13.3. The molecular formula is C24H31ClN2O2. The van der Waals surface area contributed by atoms with Crippen molar-refractivity contribution in [1.82, 2.24) is 10.2 Å². The second-order valence-electron chi connectivity index (χ2n) is 8.48. The Labute approximate surface area is 179 Å². The minimum atomic E-state index is -0.533. The molecule has 1 atom stereocenters. The Bertz CT molecular complexity index is 841. The van der Waals surface area contributed by atoms with E-state index < -0.39 is 6.04 Å². The van der Waals surface area contributed by atoms with Crippen LogP contribution in [-0.4, -0.2) is 28.3 Å². The van der Waals surface area contributed by atoms with E-state index in [-0.39, 0.29) is 23.8 Å². The van der Waals surface area contributed by atoms with Gasteiger partial charge in [-0.05, 0) is 57.4 Å². The summed E-state index contributed by atoms with van der Waals surface area (Å²) in [4.78, 5) is 27.9. The molecule has 1 N–H and O–H groups in total. The van der Waals surface area contributed by atoms with Gasteiger partial charge < -0.3 is 10.2 Å². The van der Waals surface area contributed by atoms with E-state index in [1.807, 2.05) is 65.0 Å². The third-order valence-electron chi connectivity index (χ3n) is 4.59. The van der Waals surface area contributed by atoms with Crippen molar-refractivity contribution in [3.63, 3.8) is 0 Å². The van der Waals surface area contributed by atoms with Crippen LogP contribution in [0.1, 0.15) is 50.8 Å². The largest absolute Gasteiger partial charge is 0.350 e. The van der Waals surface area contributed by atoms with Crippen molar-refractivity contribution in [3.8, 4) is 0 Å². The zero-order valence-electron chi connectivity index (χ0n) is 18.0. The van der Waals surface area contributed by atoms with E-state index in [0.29, 0.717) is 18.0 Å². The molecule has 2 amide bonds. The van der Waals surface area contributed by atoms with Gasteiger partial charge in [-0.2, -0.15) is 0 Å². The van der Waals surface area contributed by atoms with Crippen LogP contribution in [0.15, 0.2) is 48.5 Å². The zero-order valence-corrected chi connectivity index (χ0v) is 18.7. The summed E-state index contributed by atoms with van der Waals surface area (Å²) in [6.45, 7) is 10.2. The molecule has 0 fully saturated rings. The highest BCUT2D eigenvalue weighted by Crippen LogP contribution is 2.17. The van der Waals surface area contributed by atoms with Gasteiger partial charge in [0.05, 0.1) is 6.42 Å². The lowest BCUT2D eigenvalue weighted by atomic mass is 10.0. The fraction of sp³-hybridized carbons (Fsp3) is 0.417. The van der Waals surface area contributed by atoms with Crippen molar-refractivity contribution in [2.45, 2.75) is 65.6 Å². The molecule has 0 aromatic heterocycles. The topological polar surface area (TPSA) is 49.4 Å². The predicted molar refractivity (Wildman–Crippen MR) is 119 cm³/mol. The highest BCUT2D eigenvalue weighted by Gasteiger charge is 2.30. The number of hydrogen-bond acceptors (Lipinski definition) is 2. The summed E-state index contributed by atoms with van der Waals surface area (Å²) in [5, 5.41) is 3.66. The quantitative estimate of drug-likeness (QED) is 0.699. The van der Waals surface area contributed by atoms with Gasteiger partial charge in [-0.15, -0.1) is 0 Å². The monoisotopic (exact) mass is 414 g/mol. The Kier molecular flexibility index (Phi) is 7.86. The molecule has 29 heavy (non-hydrogen) atoms. The summed E-state index contributed by atoms with van der Waals surface area (Å²) >= 11 is 5.96. The van der Waals surface area contributed by atoms with Crippen molar-refractivity contribution in [3.05, 3.63) is 70.2 Å². The van der Waals surface area contributed by atoms with E-state index in [2.05, 4.69) is 11.4 Å². The third kappa shape index (κ3) is 7.21. The normalized spacial score (nSPS) is 12.3. The van der Waals surface area contributed by atoms with Gasteiger partial charge in [-0.1, -0.05) is 60.5 Å². The lowest BCUT2D eigenvalue weighted by Gasteiger charge is -2.33. The molecule has 2 aromatic rings. The molecule has 0 saturated heterocycles. The Morgan fingerprint density at radius 3 is 2.28 bits per heavy atom. The van der Waals surface area contributed by atoms with Crippen LogP contribution in [-0.2, 0) is 22.6 Å². The average molecular weight is 415 g/mol. The average Bonchev–Trinajstić information content (AvgIpc) is 2.62. The van der Waals surface area contributed by atoms with Crippen molar-refractivity contribution in [1.29, 1.82) is 0 Å². The number of aryl methyl sites for hydroxylation is 1. The summed E-state index contributed by atoms with van der Waals surface area (Å²) < 4.78 is 0. The van der Waals surface area contributed by atoms with Gasteiger partial charge in [0.1, 0.15) is 6.04 Å². The molecule has 0 aliphatic rings. The SMILES string of the molecule is CC[C@H](C(=O)NC(C)(C)C)N(Cc1cccc(C)c1)C(=O)Cc1ccc(Cl)cc1. The van der Waals surface area contributed by atoms with Gasteiger partial charge in [0.15, 0.2) is 0 Å². The fourth-order valence-corrected chi connectivity index (χ4v) is 3.38. The number of nitrogens with one attached hydrogen (secondary N) is 1. The lowest BCUT2D eigenvalue weighted by Crippen LogP contribution is -2.53. The van der Waals surface area contributed by atoms with Crippen molar-refractivity contribution < 1.29 is 9.59 Å². The van der Waals surface area contributed by atoms with Crippen LogP contribution < -0.4 is 5.32 Å². The molecular weight excluding hydrogens is 384 g/mol. The molecule has 0 unspecified atom stereocenters. The van der Waals surface area contributed by atoms with Crippen LogP contribution in [0.2, 0.25) is 5.02 Å². The van der Waals surface area contributed by atoms with Gasteiger partial charge >= 0.3 is 0 Å². The van der Waals surface area contributed by atoms with E-state index in [4.69, 9.17) is 11.6 Å². The fourth-order valence-electron chi connectivity index (χ4n) is 3.26. The smallest absolute Gasteiger partial charge is 0.243 e. The second kappa shape index (κ2) is 9.93. The summed E-state index contributed by atoms with van der Waals surface area (Å²) in [7, 11) is 0. The first-order chi connectivity index (χ1) is 13.6. The molecule has 2 rings (SSSR count). The van der Waals surface area contributed by atoms with E-state index >= 15 is 0 Å². The summed E-state index contributed by atoms with van der Waals surface area (Å²) in [6.07, 6.45) is 0.766. The van der Waals surface area contributed by atoms with Crippen molar-refractivity contribution >= 4 is 23.4 Å². The van der Waals surface area contributed by atoms with Gasteiger partial charge in [-0.3, -0.25) is 9.59 Å². The molecule has 0 bridgehead atoms. The van der Waals surface area contributed by atoms with Crippen molar-refractivity contribution in [2.75, 3.05) is 0 Å². The lowest BCUT2D eigenvalue weighted by molar-refractivity contribution is -0.141. The zero-order chi connectivity index (χ0) is 21.6. The van der Waals surface area contributed by atoms with Crippen molar-refractivity contribution in [2.24, 2.45) is 0 Å². The van der Waals surface area contributed by atoms with Gasteiger partial charge in [0, 0.05) is 17.1 Å². The second-order valence-corrected chi connectivity index (χ2v) is 8.91. The van der Waals surface area contributed by atoms with E-state index in [9.17, 15) is 9.59 Å². The Morgan fingerprint density at radius 2 is 1.72 bits per heavy atom. The minimum absolute atomic E-state index is 0.0789. The first-order valence-corrected chi connectivity index (χ1v) is 10.4. The van der Waals surface area contributed by atoms with E-state index in [1.165, 1.54) is 0 Å². The number of benzene rings is 2. The van der Waals surface area contributed by atoms with Gasteiger partial charge in [0.2, 0.25) is 11.8 Å². The minimum Gasteiger partial charge on any atom is -0.350 e. The van der Waals surface area contributed by atoms with E-state index in [1.54, 1.807) is 17.0 Å². The molecule has 156 valence electrons. The summed E-state index contributed by atoms with van der Waals surface area (Å²) in [5.41, 5.74) is 2.65. The maximum Gasteiger partial charge on any atom is 0.243 e. The predicted octanol–water partition coefficient (Wildman–Crippen LogP) is 4.91. The Balaban J connectivity index is 2.30. The highest BCUT2D eigenvalue weighted by molar-refractivity contribution is 6.30. The van der Waals surface area contributed by atoms with Crippen LogP contribution in [0.3, 0.4) is 0 Å². The molecule has 0 radical (unpaired) electrons. The molecule has 0 saturated carbocycles. The number of hydrogen-bond donors (Lipinski definition) is 1. The molecule has 4 nitrogen and oxygen atoms in total. The van der Waals surface area contributed by atoms with Crippen LogP contribution >= 0.6 is 11.6 Å². The van der Waals surface area contributed by atoms with E-state index in [0.717, 1.165) is 16.7 Å². The third-order valence-corrected chi connectivity index (χ3v) is 4.84. The highest BCUT2D eigenvalue weighted by atomic mass is 35.5. The van der Waals surface area contributed by atoms with Crippen LogP contribution in [0.5, 0.6) is 0 Å². The number of nitrogens with zero attached hydrogens (tertiary/aromatic N) is 1. The van der Waals surface area contributed by atoms with Crippen LogP contribution in [0.25, 0.3) is 0 Å². The molecule has 5 heteroatoms. The summed E-state index contributed by atoms with van der Waals surface area (Å²) in [5.74, 6) is -0.207. The number of carbonyl (C=O) groups is 2. The Hall–Kier alpha value is -2.33. The molecule has 0 aliphatic heterocycles. The molecule has 2 aromatic carbocycles. The number of carbonyl (C=O) groups excluding carboxylic acids is 2. The Morgan fingerprint density at radius 1 is 1.07 bits per heavy atom.